The first-order chi connectivity index (χ1) is 7.96. The monoisotopic (exact) mass is 255 g/mol. The van der Waals surface area contributed by atoms with Crippen LogP contribution in [0.1, 0.15) is 31.9 Å². The van der Waals surface area contributed by atoms with Crippen LogP contribution in [0.25, 0.3) is 0 Å². The zero-order chi connectivity index (χ0) is 12.6. The molecule has 2 N–H and O–H groups in total. The smallest absolute Gasteiger partial charge is 0.134 e. The topological polar surface area (TPSA) is 44.5 Å². The summed E-state index contributed by atoms with van der Waals surface area (Å²) >= 11 is 5.97. The standard InChI is InChI=1S/C13H18ClNO2/c1-8(16-3)13(2)7-11(15)10-6-9(14)4-5-12(10)17-13/h4-6,8,11H,7,15H2,1-3H3/t8?,11-,13?/m0/s1. The van der Waals surface area contributed by atoms with Gasteiger partial charge in [0.25, 0.3) is 0 Å². The Morgan fingerprint density at radius 1 is 1.59 bits per heavy atom. The second kappa shape index (κ2) is 4.48. The molecule has 0 saturated carbocycles. The third kappa shape index (κ3) is 2.28. The summed E-state index contributed by atoms with van der Waals surface area (Å²) < 4.78 is 11.4. The highest BCUT2D eigenvalue weighted by atomic mass is 35.5. The summed E-state index contributed by atoms with van der Waals surface area (Å²) in [5.74, 6) is 0.805. The molecule has 0 radical (unpaired) electrons. The molecule has 0 aliphatic carbocycles. The van der Waals surface area contributed by atoms with Crippen LogP contribution < -0.4 is 10.5 Å². The van der Waals surface area contributed by atoms with Gasteiger partial charge in [-0.3, -0.25) is 0 Å². The minimum absolute atomic E-state index is 0.0163. The third-order valence-corrected chi connectivity index (χ3v) is 3.79. The third-order valence-electron chi connectivity index (χ3n) is 3.55. The van der Waals surface area contributed by atoms with Gasteiger partial charge in [-0.1, -0.05) is 11.6 Å². The van der Waals surface area contributed by atoms with Crippen LogP contribution in [-0.4, -0.2) is 18.8 Å². The molecule has 1 heterocycles. The summed E-state index contributed by atoms with van der Waals surface area (Å²) in [6.45, 7) is 4.02. The van der Waals surface area contributed by atoms with Crippen LogP contribution in [0.4, 0.5) is 0 Å². The Labute approximate surface area is 107 Å². The number of hydrogen-bond acceptors (Lipinski definition) is 3. The minimum atomic E-state index is -0.394. The molecule has 94 valence electrons. The maximum Gasteiger partial charge on any atom is 0.134 e. The summed E-state index contributed by atoms with van der Waals surface area (Å²) in [7, 11) is 1.68. The Hall–Kier alpha value is -0.770. The van der Waals surface area contributed by atoms with E-state index in [0.29, 0.717) is 5.02 Å². The molecule has 17 heavy (non-hydrogen) atoms. The quantitative estimate of drug-likeness (QED) is 0.884. The Morgan fingerprint density at radius 3 is 2.94 bits per heavy atom. The summed E-state index contributed by atoms with van der Waals surface area (Å²) in [4.78, 5) is 0. The highest BCUT2D eigenvalue weighted by Crippen LogP contribution is 2.41. The van der Waals surface area contributed by atoms with Crippen LogP contribution in [0.3, 0.4) is 0 Å². The van der Waals surface area contributed by atoms with Crippen LogP contribution in [-0.2, 0) is 4.74 Å². The zero-order valence-corrected chi connectivity index (χ0v) is 11.1. The maximum atomic E-state index is 6.19. The van der Waals surface area contributed by atoms with Crippen LogP contribution in [0.5, 0.6) is 5.75 Å². The fraction of sp³-hybridized carbons (Fsp3) is 0.538. The molecule has 2 rings (SSSR count). The van der Waals surface area contributed by atoms with Gasteiger partial charge in [-0.2, -0.15) is 0 Å². The molecule has 0 fully saturated rings. The number of ether oxygens (including phenoxy) is 2. The van der Waals surface area contributed by atoms with Crippen molar-refractivity contribution in [3.8, 4) is 5.75 Å². The van der Waals surface area contributed by atoms with Gasteiger partial charge < -0.3 is 15.2 Å². The van der Waals surface area contributed by atoms with Gasteiger partial charge >= 0.3 is 0 Å². The lowest BCUT2D eigenvalue weighted by Gasteiger charge is -2.41. The van der Waals surface area contributed by atoms with Gasteiger partial charge in [0.15, 0.2) is 0 Å². The lowest BCUT2D eigenvalue weighted by Crippen LogP contribution is -2.49. The number of nitrogens with two attached hydrogens (primary N) is 1. The fourth-order valence-electron chi connectivity index (χ4n) is 2.24. The SMILES string of the molecule is COC(C)C1(C)C[C@H](N)c2cc(Cl)ccc2O1. The van der Waals surface area contributed by atoms with Crippen LogP contribution in [0.15, 0.2) is 18.2 Å². The normalized spacial score (nSPS) is 29.4. The molecule has 3 atom stereocenters. The summed E-state index contributed by atoms with van der Waals surface area (Å²) in [5.41, 5.74) is 6.77. The van der Waals surface area contributed by atoms with Gasteiger partial charge in [-0.25, -0.2) is 0 Å². The lowest BCUT2D eigenvalue weighted by atomic mass is 9.85. The highest BCUT2D eigenvalue weighted by Gasteiger charge is 2.40. The molecule has 4 heteroatoms. The predicted molar refractivity (Wildman–Crippen MR) is 68.5 cm³/mol. The van der Waals surface area contributed by atoms with Crippen molar-refractivity contribution in [3.63, 3.8) is 0 Å². The number of fused-ring (bicyclic) bond motifs is 1. The van der Waals surface area contributed by atoms with Crippen molar-refractivity contribution in [2.75, 3.05) is 7.11 Å². The van der Waals surface area contributed by atoms with Gasteiger partial charge in [-0.15, -0.1) is 0 Å². The number of benzene rings is 1. The van der Waals surface area contributed by atoms with Gasteiger partial charge in [-0.05, 0) is 32.0 Å². The van der Waals surface area contributed by atoms with Crippen molar-refractivity contribution in [2.45, 2.75) is 38.0 Å². The molecule has 1 aliphatic heterocycles. The van der Waals surface area contributed by atoms with E-state index in [1.807, 2.05) is 32.0 Å². The Kier molecular flexibility index (Phi) is 3.34. The largest absolute Gasteiger partial charge is 0.484 e. The van der Waals surface area contributed by atoms with E-state index in [9.17, 15) is 0 Å². The van der Waals surface area contributed by atoms with Crippen molar-refractivity contribution in [1.82, 2.24) is 0 Å². The molecule has 0 amide bonds. The number of rotatable bonds is 2. The van der Waals surface area contributed by atoms with Gasteiger partial charge in [0.2, 0.25) is 0 Å². The van der Waals surface area contributed by atoms with E-state index in [2.05, 4.69) is 0 Å². The molecule has 3 nitrogen and oxygen atoms in total. The molecule has 1 aromatic carbocycles. The van der Waals surface area contributed by atoms with E-state index in [1.165, 1.54) is 0 Å². The molecular weight excluding hydrogens is 238 g/mol. The average molecular weight is 256 g/mol. The summed E-state index contributed by atoms with van der Waals surface area (Å²) in [5, 5.41) is 0.686. The molecular formula is C13H18ClNO2. The second-order valence-electron chi connectivity index (χ2n) is 4.79. The predicted octanol–water partition coefficient (Wildman–Crippen LogP) is 2.92. The van der Waals surface area contributed by atoms with E-state index in [0.717, 1.165) is 17.7 Å². The molecule has 1 aromatic rings. The van der Waals surface area contributed by atoms with Crippen molar-refractivity contribution in [1.29, 1.82) is 0 Å². The number of halogens is 1. The van der Waals surface area contributed by atoms with Crippen molar-refractivity contribution >= 4 is 11.6 Å². The minimum Gasteiger partial charge on any atom is -0.484 e. The van der Waals surface area contributed by atoms with Crippen molar-refractivity contribution in [3.05, 3.63) is 28.8 Å². The number of methoxy groups -OCH3 is 1. The summed E-state index contributed by atoms with van der Waals surface area (Å²) in [6, 6.07) is 5.49. The first-order valence-corrected chi connectivity index (χ1v) is 6.11. The first kappa shape index (κ1) is 12.7. The molecule has 0 saturated heterocycles. The van der Waals surface area contributed by atoms with E-state index < -0.39 is 5.60 Å². The molecule has 1 aliphatic rings. The molecule has 0 spiro atoms. The van der Waals surface area contributed by atoms with Crippen molar-refractivity contribution < 1.29 is 9.47 Å². The molecule has 0 bridgehead atoms. The van der Waals surface area contributed by atoms with Crippen LogP contribution in [0.2, 0.25) is 5.02 Å². The second-order valence-corrected chi connectivity index (χ2v) is 5.22. The van der Waals surface area contributed by atoms with Gasteiger partial charge in [0.1, 0.15) is 11.4 Å². The number of hydrogen-bond donors (Lipinski definition) is 1. The highest BCUT2D eigenvalue weighted by molar-refractivity contribution is 6.30. The van der Waals surface area contributed by atoms with E-state index >= 15 is 0 Å². The average Bonchev–Trinajstić information content (AvgIpc) is 2.29. The van der Waals surface area contributed by atoms with Gasteiger partial charge in [0.05, 0.1) is 6.10 Å². The Bertz CT molecular complexity index is 424. The first-order valence-electron chi connectivity index (χ1n) is 5.73. The van der Waals surface area contributed by atoms with Crippen LogP contribution in [0, 0.1) is 0 Å². The Balaban J connectivity index is 2.36. The summed E-state index contributed by atoms with van der Waals surface area (Å²) in [6.07, 6.45) is 0.701. The molecule has 2 unspecified atom stereocenters. The van der Waals surface area contributed by atoms with Crippen molar-refractivity contribution in [2.24, 2.45) is 5.73 Å². The zero-order valence-electron chi connectivity index (χ0n) is 10.4. The lowest BCUT2D eigenvalue weighted by molar-refractivity contribution is -0.0707. The van der Waals surface area contributed by atoms with Gasteiger partial charge in [0, 0.05) is 30.2 Å². The maximum absolute atomic E-state index is 6.19. The molecule has 0 aromatic heterocycles. The fourth-order valence-corrected chi connectivity index (χ4v) is 2.42. The van der Waals surface area contributed by atoms with E-state index in [1.54, 1.807) is 7.11 Å². The van der Waals surface area contributed by atoms with E-state index in [4.69, 9.17) is 26.8 Å². The Morgan fingerprint density at radius 2 is 2.29 bits per heavy atom. The van der Waals surface area contributed by atoms with Crippen LogP contribution >= 0.6 is 11.6 Å². The van der Waals surface area contributed by atoms with E-state index in [-0.39, 0.29) is 12.1 Å².